The number of carbonyl (C=O) groups is 1. The zero-order chi connectivity index (χ0) is 24.4. The normalized spacial score (nSPS) is 15.4. The minimum atomic E-state index is -0.315. The first-order valence-corrected chi connectivity index (χ1v) is 11.5. The summed E-state index contributed by atoms with van der Waals surface area (Å²) in [5, 5.41) is 12.7. The number of ether oxygens (including phenoxy) is 2. The van der Waals surface area contributed by atoms with Gasteiger partial charge in [-0.15, -0.1) is 0 Å². The molecule has 1 aliphatic heterocycles. The van der Waals surface area contributed by atoms with Gasteiger partial charge in [0.1, 0.15) is 11.5 Å². The number of nitrogens with zero attached hydrogens (tertiary/aromatic N) is 6. The Labute approximate surface area is 202 Å². The quantitative estimate of drug-likeness (QED) is 0.395. The highest BCUT2D eigenvalue weighted by Gasteiger charge is 2.35. The second kappa shape index (κ2) is 9.57. The van der Waals surface area contributed by atoms with E-state index in [4.69, 9.17) is 14.0 Å². The molecule has 2 aromatic heterocycles. The molecule has 10 heteroatoms. The summed E-state index contributed by atoms with van der Waals surface area (Å²) in [6, 6.07) is 10.8. The summed E-state index contributed by atoms with van der Waals surface area (Å²) < 4.78 is 16.8. The Morgan fingerprint density at radius 1 is 1.17 bits per heavy atom. The molecule has 4 aromatic rings. The number of methoxy groups -OCH3 is 1. The van der Waals surface area contributed by atoms with Crippen LogP contribution in [0.5, 0.6) is 11.5 Å². The molecule has 10 nitrogen and oxygen atoms in total. The van der Waals surface area contributed by atoms with Crippen LogP contribution in [0.4, 0.5) is 0 Å². The van der Waals surface area contributed by atoms with Gasteiger partial charge in [-0.25, -0.2) is 0 Å². The van der Waals surface area contributed by atoms with Crippen LogP contribution in [0.15, 0.2) is 53.3 Å². The average molecular weight is 475 g/mol. The lowest BCUT2D eigenvalue weighted by Crippen LogP contribution is -2.32. The average Bonchev–Trinajstić information content (AvgIpc) is 3.65. The molecular formula is C25H26N6O4. The van der Waals surface area contributed by atoms with E-state index >= 15 is 0 Å². The smallest absolute Gasteiger partial charge is 0.261 e. The van der Waals surface area contributed by atoms with Crippen LogP contribution < -0.4 is 9.47 Å². The monoisotopic (exact) mass is 474 g/mol. The maximum atomic E-state index is 13.8. The zero-order valence-electron chi connectivity index (χ0n) is 19.8. The molecule has 1 atom stereocenters. The lowest BCUT2D eigenvalue weighted by atomic mass is 10.1. The lowest BCUT2D eigenvalue weighted by molar-refractivity contribution is 0.0727. The Hall–Kier alpha value is -4.21. The summed E-state index contributed by atoms with van der Waals surface area (Å²) in [7, 11) is 1.59. The Bertz CT molecular complexity index is 1330. The second-order valence-electron chi connectivity index (χ2n) is 8.20. The number of aryl methyl sites for hydroxylation is 1. The third-order valence-corrected chi connectivity index (χ3v) is 6.05. The summed E-state index contributed by atoms with van der Waals surface area (Å²) in [5.74, 6) is 1.96. The predicted molar refractivity (Wildman–Crippen MR) is 127 cm³/mol. The van der Waals surface area contributed by atoms with Gasteiger partial charge in [0.2, 0.25) is 0 Å². The van der Waals surface area contributed by atoms with Crippen LogP contribution in [0.2, 0.25) is 0 Å². The van der Waals surface area contributed by atoms with Gasteiger partial charge in [-0.05, 0) is 56.5 Å². The number of benzene rings is 2. The molecule has 3 heterocycles. The summed E-state index contributed by atoms with van der Waals surface area (Å²) in [6.07, 6.45) is 4.71. The molecule has 180 valence electrons. The molecule has 1 aliphatic rings. The zero-order valence-corrected chi connectivity index (χ0v) is 19.8. The number of aromatic nitrogens is 5. The first-order valence-electron chi connectivity index (χ1n) is 11.5. The van der Waals surface area contributed by atoms with E-state index in [0.29, 0.717) is 47.6 Å². The van der Waals surface area contributed by atoms with E-state index in [0.717, 1.165) is 24.0 Å². The fourth-order valence-electron chi connectivity index (χ4n) is 4.41. The van der Waals surface area contributed by atoms with E-state index in [1.165, 1.54) is 4.80 Å². The predicted octanol–water partition coefficient (Wildman–Crippen LogP) is 4.01. The van der Waals surface area contributed by atoms with Gasteiger partial charge in [-0.2, -0.15) is 20.0 Å². The number of hydrogen-bond donors (Lipinski definition) is 0. The lowest BCUT2D eigenvalue weighted by Gasteiger charge is -2.24. The van der Waals surface area contributed by atoms with Gasteiger partial charge < -0.3 is 18.9 Å². The standard InChI is InChI=1S/C25H26N6O4/c1-4-34-21-10-6-5-8-17(21)24-28-23(29-35-24)19-9-7-13-30(19)25(32)18-15-22(33-3)16(2)14-20(18)31-26-11-12-27-31/h5-6,8,10-12,14-15,19H,4,7,9,13H2,1-3H3. The molecule has 1 amide bonds. The maximum Gasteiger partial charge on any atom is 0.261 e. The van der Waals surface area contributed by atoms with Crippen molar-refractivity contribution in [2.75, 3.05) is 20.3 Å². The van der Waals surface area contributed by atoms with Gasteiger partial charge in [-0.3, -0.25) is 4.79 Å². The van der Waals surface area contributed by atoms with E-state index in [2.05, 4.69) is 20.3 Å². The van der Waals surface area contributed by atoms with Gasteiger partial charge in [0.15, 0.2) is 5.82 Å². The Morgan fingerprint density at radius 3 is 2.74 bits per heavy atom. The Balaban J connectivity index is 1.49. The topological polar surface area (TPSA) is 108 Å². The number of amides is 1. The van der Waals surface area contributed by atoms with Crippen molar-refractivity contribution in [3.63, 3.8) is 0 Å². The van der Waals surface area contributed by atoms with Crippen LogP contribution in [0.1, 0.15) is 47.6 Å². The van der Waals surface area contributed by atoms with E-state index < -0.39 is 0 Å². The molecule has 1 unspecified atom stereocenters. The first kappa shape index (κ1) is 22.6. The fourth-order valence-corrected chi connectivity index (χ4v) is 4.41. The molecule has 0 aliphatic carbocycles. The van der Waals surface area contributed by atoms with Crippen LogP contribution in [-0.4, -0.2) is 56.2 Å². The summed E-state index contributed by atoms with van der Waals surface area (Å²) >= 11 is 0. The first-order chi connectivity index (χ1) is 17.1. The molecule has 0 saturated carbocycles. The SMILES string of the molecule is CCOc1ccccc1-c1nc(C2CCCN2C(=O)c2cc(OC)c(C)cc2-n2nccn2)no1. The molecule has 0 bridgehead atoms. The van der Waals surface area contributed by atoms with Crippen LogP contribution >= 0.6 is 0 Å². The molecule has 1 fully saturated rings. The molecular weight excluding hydrogens is 448 g/mol. The number of rotatable bonds is 7. The van der Waals surface area contributed by atoms with Crippen LogP contribution in [0.3, 0.4) is 0 Å². The maximum absolute atomic E-state index is 13.8. The van der Waals surface area contributed by atoms with Crippen molar-refractivity contribution in [3.8, 4) is 28.6 Å². The summed E-state index contributed by atoms with van der Waals surface area (Å²) in [4.78, 5) is 21.7. The minimum absolute atomic E-state index is 0.167. The van der Waals surface area contributed by atoms with Crippen molar-refractivity contribution in [1.82, 2.24) is 30.0 Å². The fraction of sp³-hybridized carbons (Fsp3) is 0.320. The largest absolute Gasteiger partial charge is 0.496 e. The molecule has 0 radical (unpaired) electrons. The number of likely N-dealkylation sites (tertiary alicyclic amines) is 1. The highest BCUT2D eigenvalue weighted by atomic mass is 16.5. The van der Waals surface area contributed by atoms with Crippen molar-refractivity contribution in [2.24, 2.45) is 0 Å². The third kappa shape index (κ3) is 4.23. The summed E-state index contributed by atoms with van der Waals surface area (Å²) in [6.45, 7) is 4.94. The second-order valence-corrected chi connectivity index (χ2v) is 8.20. The van der Waals surface area contributed by atoms with Crippen molar-refractivity contribution >= 4 is 5.91 Å². The van der Waals surface area contributed by atoms with Gasteiger partial charge in [0.05, 0.1) is 49.0 Å². The number of carbonyl (C=O) groups excluding carboxylic acids is 1. The van der Waals surface area contributed by atoms with Gasteiger partial charge >= 0.3 is 0 Å². The van der Waals surface area contributed by atoms with Crippen molar-refractivity contribution in [2.45, 2.75) is 32.7 Å². The molecule has 1 saturated heterocycles. The summed E-state index contributed by atoms with van der Waals surface area (Å²) in [5.41, 5.74) is 2.63. The van der Waals surface area contributed by atoms with Crippen molar-refractivity contribution in [3.05, 3.63) is 65.7 Å². The molecule has 0 spiro atoms. The van der Waals surface area contributed by atoms with Crippen LogP contribution in [0, 0.1) is 6.92 Å². The molecule has 0 N–H and O–H groups in total. The Kier molecular flexibility index (Phi) is 6.17. The highest BCUT2D eigenvalue weighted by Crippen LogP contribution is 2.36. The van der Waals surface area contributed by atoms with Crippen molar-refractivity contribution in [1.29, 1.82) is 0 Å². The van der Waals surface area contributed by atoms with Gasteiger partial charge in [-0.1, -0.05) is 17.3 Å². The highest BCUT2D eigenvalue weighted by molar-refractivity contribution is 5.98. The minimum Gasteiger partial charge on any atom is -0.496 e. The molecule has 2 aromatic carbocycles. The van der Waals surface area contributed by atoms with E-state index in [1.807, 2.05) is 44.2 Å². The third-order valence-electron chi connectivity index (χ3n) is 6.05. The number of para-hydroxylation sites is 1. The Morgan fingerprint density at radius 2 is 1.97 bits per heavy atom. The van der Waals surface area contributed by atoms with Crippen LogP contribution in [-0.2, 0) is 0 Å². The van der Waals surface area contributed by atoms with E-state index in [1.54, 1.807) is 30.5 Å². The van der Waals surface area contributed by atoms with Crippen molar-refractivity contribution < 1.29 is 18.8 Å². The van der Waals surface area contributed by atoms with E-state index in [-0.39, 0.29) is 11.9 Å². The van der Waals surface area contributed by atoms with Gasteiger partial charge in [0.25, 0.3) is 11.8 Å². The molecule has 35 heavy (non-hydrogen) atoms. The molecule has 5 rings (SSSR count). The van der Waals surface area contributed by atoms with Gasteiger partial charge in [0, 0.05) is 6.54 Å². The van der Waals surface area contributed by atoms with E-state index in [9.17, 15) is 4.79 Å². The number of hydrogen-bond acceptors (Lipinski definition) is 8. The van der Waals surface area contributed by atoms with Crippen LogP contribution in [0.25, 0.3) is 17.1 Å².